The Morgan fingerprint density at radius 3 is 2.72 bits per heavy atom. The molecule has 3 heteroatoms. The van der Waals surface area contributed by atoms with Crippen LogP contribution >= 0.6 is 0 Å². The molecule has 0 radical (unpaired) electrons. The monoisotopic (exact) mass is 245 g/mol. The zero-order chi connectivity index (χ0) is 13.0. The standard InChI is InChI=1S/C15H23N3/c1-4-12(5-2)10-14(16-3)13-11-17-18-9-7-6-8-15(13)18/h6-9,11-12,14,16H,4-5,10H2,1-3H3. The van der Waals surface area contributed by atoms with E-state index < -0.39 is 0 Å². The number of pyridine rings is 1. The summed E-state index contributed by atoms with van der Waals surface area (Å²) in [7, 11) is 2.04. The first-order chi connectivity index (χ1) is 8.80. The Bertz CT molecular complexity index is 485. The van der Waals surface area contributed by atoms with Crippen molar-refractivity contribution in [3.05, 3.63) is 36.2 Å². The molecule has 0 aliphatic heterocycles. The van der Waals surface area contributed by atoms with Gasteiger partial charge in [-0.25, -0.2) is 4.52 Å². The number of fused-ring (bicyclic) bond motifs is 1. The minimum atomic E-state index is 0.398. The van der Waals surface area contributed by atoms with Crippen LogP contribution in [0.25, 0.3) is 5.52 Å². The number of rotatable bonds is 6. The van der Waals surface area contributed by atoms with E-state index in [1.54, 1.807) is 0 Å². The van der Waals surface area contributed by atoms with Crippen LogP contribution in [-0.4, -0.2) is 16.7 Å². The fourth-order valence-corrected chi connectivity index (χ4v) is 2.58. The molecule has 1 N–H and O–H groups in total. The fraction of sp³-hybridized carbons (Fsp3) is 0.533. The molecule has 2 aromatic heterocycles. The molecule has 1 unspecified atom stereocenters. The highest BCUT2D eigenvalue weighted by Crippen LogP contribution is 2.27. The third-order valence-electron chi connectivity index (χ3n) is 3.90. The molecule has 98 valence electrons. The van der Waals surface area contributed by atoms with Gasteiger partial charge in [-0.05, 0) is 31.5 Å². The van der Waals surface area contributed by atoms with Crippen molar-refractivity contribution in [2.45, 2.75) is 39.2 Å². The zero-order valence-electron chi connectivity index (χ0n) is 11.6. The molecule has 3 nitrogen and oxygen atoms in total. The van der Waals surface area contributed by atoms with Crippen LogP contribution in [0.1, 0.15) is 44.7 Å². The lowest BCUT2D eigenvalue weighted by atomic mass is 9.92. The highest BCUT2D eigenvalue weighted by molar-refractivity contribution is 5.54. The number of aromatic nitrogens is 2. The largest absolute Gasteiger partial charge is 0.313 e. The molecule has 0 amide bonds. The maximum absolute atomic E-state index is 4.42. The van der Waals surface area contributed by atoms with Gasteiger partial charge in [-0.1, -0.05) is 32.8 Å². The summed E-state index contributed by atoms with van der Waals surface area (Å²) >= 11 is 0. The van der Waals surface area contributed by atoms with E-state index in [4.69, 9.17) is 0 Å². The van der Waals surface area contributed by atoms with Gasteiger partial charge in [0.25, 0.3) is 0 Å². The van der Waals surface area contributed by atoms with Gasteiger partial charge in [-0.3, -0.25) is 0 Å². The molecule has 0 aliphatic rings. The van der Waals surface area contributed by atoms with Gasteiger partial charge in [0.15, 0.2) is 0 Å². The van der Waals surface area contributed by atoms with Crippen molar-refractivity contribution >= 4 is 5.52 Å². The van der Waals surface area contributed by atoms with Crippen LogP contribution in [0, 0.1) is 5.92 Å². The second-order valence-electron chi connectivity index (χ2n) is 4.89. The average molecular weight is 245 g/mol. The molecule has 0 saturated carbocycles. The zero-order valence-corrected chi connectivity index (χ0v) is 11.6. The average Bonchev–Trinajstić information content (AvgIpc) is 2.84. The third-order valence-corrected chi connectivity index (χ3v) is 3.90. The predicted octanol–water partition coefficient (Wildman–Crippen LogP) is 3.42. The highest BCUT2D eigenvalue weighted by atomic mass is 15.2. The summed E-state index contributed by atoms with van der Waals surface area (Å²) in [6.07, 6.45) is 7.67. The van der Waals surface area contributed by atoms with Crippen LogP contribution in [-0.2, 0) is 0 Å². The Morgan fingerprint density at radius 2 is 2.06 bits per heavy atom. The third kappa shape index (κ3) is 2.56. The molecule has 0 aliphatic carbocycles. The van der Waals surface area contributed by atoms with Crippen molar-refractivity contribution in [2.75, 3.05) is 7.05 Å². The molecule has 2 aromatic rings. The van der Waals surface area contributed by atoms with Gasteiger partial charge in [0.1, 0.15) is 0 Å². The Kier molecular flexibility index (Phi) is 4.37. The number of nitrogens with one attached hydrogen (secondary N) is 1. The highest BCUT2D eigenvalue weighted by Gasteiger charge is 2.17. The smallest absolute Gasteiger partial charge is 0.0709 e. The van der Waals surface area contributed by atoms with E-state index >= 15 is 0 Å². The first kappa shape index (κ1) is 13.1. The van der Waals surface area contributed by atoms with Crippen LogP contribution in [0.2, 0.25) is 0 Å². The summed E-state index contributed by atoms with van der Waals surface area (Å²) in [4.78, 5) is 0. The normalized spacial score (nSPS) is 13.3. The van der Waals surface area contributed by atoms with Crippen molar-refractivity contribution in [1.82, 2.24) is 14.9 Å². The van der Waals surface area contributed by atoms with E-state index in [1.165, 1.54) is 30.3 Å². The number of hydrogen-bond donors (Lipinski definition) is 1. The van der Waals surface area contributed by atoms with E-state index in [0.29, 0.717) is 6.04 Å². The van der Waals surface area contributed by atoms with Crippen LogP contribution in [0.5, 0.6) is 0 Å². The van der Waals surface area contributed by atoms with Crippen LogP contribution in [0.15, 0.2) is 30.6 Å². The quantitative estimate of drug-likeness (QED) is 0.845. The Balaban J connectivity index is 2.26. The lowest BCUT2D eigenvalue weighted by molar-refractivity contribution is 0.386. The molecule has 2 heterocycles. The molecule has 0 aromatic carbocycles. The number of nitrogens with zero attached hydrogens (tertiary/aromatic N) is 2. The summed E-state index contributed by atoms with van der Waals surface area (Å²) < 4.78 is 1.95. The summed E-state index contributed by atoms with van der Waals surface area (Å²) in [6.45, 7) is 4.55. The van der Waals surface area contributed by atoms with Gasteiger partial charge in [-0.15, -0.1) is 0 Å². The lowest BCUT2D eigenvalue weighted by Gasteiger charge is -2.21. The van der Waals surface area contributed by atoms with Crippen LogP contribution in [0.3, 0.4) is 0 Å². The van der Waals surface area contributed by atoms with Gasteiger partial charge in [0.2, 0.25) is 0 Å². The predicted molar refractivity (Wildman–Crippen MR) is 75.7 cm³/mol. The maximum Gasteiger partial charge on any atom is 0.0709 e. The van der Waals surface area contributed by atoms with E-state index in [1.807, 2.05) is 30.0 Å². The van der Waals surface area contributed by atoms with E-state index in [-0.39, 0.29) is 0 Å². The molecule has 18 heavy (non-hydrogen) atoms. The van der Waals surface area contributed by atoms with Crippen molar-refractivity contribution in [1.29, 1.82) is 0 Å². The Hall–Kier alpha value is -1.35. The van der Waals surface area contributed by atoms with Crippen molar-refractivity contribution in [2.24, 2.45) is 5.92 Å². The Labute approximate surface area is 109 Å². The second-order valence-corrected chi connectivity index (χ2v) is 4.89. The summed E-state index contributed by atoms with van der Waals surface area (Å²) in [5.74, 6) is 0.779. The summed E-state index contributed by atoms with van der Waals surface area (Å²) in [5, 5.41) is 7.87. The summed E-state index contributed by atoms with van der Waals surface area (Å²) in [6, 6.07) is 6.62. The summed E-state index contributed by atoms with van der Waals surface area (Å²) in [5.41, 5.74) is 2.52. The van der Waals surface area contributed by atoms with Crippen LogP contribution in [0.4, 0.5) is 0 Å². The van der Waals surface area contributed by atoms with Crippen molar-refractivity contribution in [3.63, 3.8) is 0 Å². The van der Waals surface area contributed by atoms with Gasteiger partial charge >= 0.3 is 0 Å². The number of hydrogen-bond acceptors (Lipinski definition) is 2. The lowest BCUT2D eigenvalue weighted by Crippen LogP contribution is -2.19. The minimum absolute atomic E-state index is 0.398. The molecule has 0 bridgehead atoms. The van der Waals surface area contributed by atoms with E-state index in [0.717, 1.165) is 5.92 Å². The van der Waals surface area contributed by atoms with Crippen molar-refractivity contribution < 1.29 is 0 Å². The van der Waals surface area contributed by atoms with Gasteiger partial charge in [0.05, 0.1) is 11.7 Å². The van der Waals surface area contributed by atoms with E-state index in [9.17, 15) is 0 Å². The van der Waals surface area contributed by atoms with Crippen LogP contribution < -0.4 is 5.32 Å². The molecule has 2 rings (SSSR count). The molecule has 1 atom stereocenters. The topological polar surface area (TPSA) is 29.3 Å². The molecule has 0 fully saturated rings. The first-order valence-corrected chi connectivity index (χ1v) is 6.89. The second kappa shape index (κ2) is 6.01. The molecular weight excluding hydrogens is 222 g/mol. The van der Waals surface area contributed by atoms with Gasteiger partial charge < -0.3 is 5.32 Å². The fourth-order valence-electron chi connectivity index (χ4n) is 2.58. The minimum Gasteiger partial charge on any atom is -0.313 e. The SMILES string of the molecule is CCC(CC)CC(NC)c1cnn2ccccc12. The molecule has 0 saturated heterocycles. The van der Waals surface area contributed by atoms with Crippen molar-refractivity contribution in [3.8, 4) is 0 Å². The maximum atomic E-state index is 4.42. The van der Waals surface area contributed by atoms with Gasteiger partial charge in [-0.2, -0.15) is 5.10 Å². The first-order valence-electron chi connectivity index (χ1n) is 6.89. The van der Waals surface area contributed by atoms with Gasteiger partial charge in [0, 0.05) is 17.8 Å². The molecule has 0 spiro atoms. The molecular formula is C15H23N3. The Morgan fingerprint density at radius 1 is 1.28 bits per heavy atom. The van der Waals surface area contributed by atoms with E-state index in [2.05, 4.69) is 36.4 Å².